The molecule has 5 nitrogen and oxygen atoms in total. The standard InChI is InChI=1S/C21H23N3O2/c1-23(18-12-6-8-15-7-2-3-9-16(15)18)14-21(26)24-13-20(25)22-17-10-4-5-11-19(17)24/h2-5,7,9-11,18H,6,8,12-14H2,1H3,(H,22,25). The topological polar surface area (TPSA) is 52.7 Å². The van der Waals surface area contributed by atoms with Gasteiger partial charge in [0.25, 0.3) is 0 Å². The summed E-state index contributed by atoms with van der Waals surface area (Å²) in [6.45, 7) is 0.367. The quantitative estimate of drug-likeness (QED) is 0.927. The molecule has 0 radical (unpaired) electrons. The van der Waals surface area contributed by atoms with E-state index in [1.54, 1.807) is 4.90 Å². The van der Waals surface area contributed by atoms with E-state index in [4.69, 9.17) is 0 Å². The molecular formula is C21H23N3O2. The Balaban J connectivity index is 1.53. The summed E-state index contributed by atoms with van der Waals surface area (Å²) in [6, 6.07) is 16.2. The summed E-state index contributed by atoms with van der Waals surface area (Å²) in [7, 11) is 2.00. The highest BCUT2D eigenvalue weighted by molar-refractivity contribution is 6.10. The van der Waals surface area contributed by atoms with Crippen molar-refractivity contribution < 1.29 is 9.59 Å². The first kappa shape index (κ1) is 16.8. The normalized spacial score (nSPS) is 18.9. The first-order valence-corrected chi connectivity index (χ1v) is 9.11. The second kappa shape index (κ2) is 6.92. The Hall–Kier alpha value is -2.66. The van der Waals surface area contributed by atoms with Crippen LogP contribution in [0.1, 0.15) is 30.0 Å². The lowest BCUT2D eigenvalue weighted by Gasteiger charge is -2.35. The summed E-state index contributed by atoms with van der Waals surface area (Å²) >= 11 is 0. The Kier molecular flexibility index (Phi) is 4.47. The van der Waals surface area contributed by atoms with Crippen molar-refractivity contribution in [3.63, 3.8) is 0 Å². The molecule has 2 aromatic rings. The maximum atomic E-state index is 13.0. The number of aryl methyl sites for hydroxylation is 1. The number of amides is 2. The molecule has 0 saturated heterocycles. The molecule has 0 saturated carbocycles. The number of para-hydroxylation sites is 2. The molecule has 134 valence electrons. The fourth-order valence-corrected chi connectivity index (χ4v) is 4.05. The second-order valence-electron chi connectivity index (χ2n) is 7.07. The molecule has 0 fully saturated rings. The predicted molar refractivity (Wildman–Crippen MR) is 102 cm³/mol. The van der Waals surface area contributed by atoms with Crippen LogP contribution in [0, 0.1) is 0 Å². The van der Waals surface area contributed by atoms with Crippen molar-refractivity contribution in [2.45, 2.75) is 25.3 Å². The largest absolute Gasteiger partial charge is 0.323 e. The van der Waals surface area contributed by atoms with Crippen LogP contribution < -0.4 is 10.2 Å². The molecular weight excluding hydrogens is 326 g/mol. The Labute approximate surface area is 153 Å². The van der Waals surface area contributed by atoms with Crippen molar-refractivity contribution in [1.29, 1.82) is 0 Å². The van der Waals surface area contributed by atoms with Crippen LogP contribution in [-0.4, -0.2) is 36.9 Å². The number of anilines is 2. The lowest BCUT2D eigenvalue weighted by molar-refractivity contribution is -0.122. The van der Waals surface area contributed by atoms with Gasteiger partial charge in [0.05, 0.1) is 17.9 Å². The molecule has 1 aliphatic carbocycles. The third-order valence-electron chi connectivity index (χ3n) is 5.33. The van der Waals surface area contributed by atoms with Gasteiger partial charge in [0.15, 0.2) is 0 Å². The average Bonchev–Trinajstić information content (AvgIpc) is 2.66. The van der Waals surface area contributed by atoms with E-state index in [0.717, 1.165) is 24.9 Å². The highest BCUT2D eigenvalue weighted by atomic mass is 16.2. The van der Waals surface area contributed by atoms with Gasteiger partial charge in [-0.15, -0.1) is 0 Å². The number of hydrogen-bond acceptors (Lipinski definition) is 3. The molecule has 0 spiro atoms. The van der Waals surface area contributed by atoms with E-state index in [9.17, 15) is 9.59 Å². The minimum atomic E-state index is -0.150. The van der Waals surface area contributed by atoms with Gasteiger partial charge in [0.1, 0.15) is 6.54 Å². The van der Waals surface area contributed by atoms with Crippen molar-refractivity contribution in [1.82, 2.24) is 4.90 Å². The van der Waals surface area contributed by atoms with E-state index in [1.165, 1.54) is 11.1 Å². The third kappa shape index (κ3) is 3.10. The molecule has 2 aromatic carbocycles. The van der Waals surface area contributed by atoms with Crippen LogP contribution in [0.5, 0.6) is 0 Å². The average molecular weight is 349 g/mol. The monoisotopic (exact) mass is 349 g/mol. The Morgan fingerprint density at radius 1 is 1.19 bits per heavy atom. The molecule has 1 unspecified atom stereocenters. The molecule has 4 rings (SSSR count). The first-order chi connectivity index (χ1) is 12.6. The van der Waals surface area contributed by atoms with Crippen LogP contribution in [0.3, 0.4) is 0 Å². The third-order valence-corrected chi connectivity index (χ3v) is 5.33. The maximum absolute atomic E-state index is 13.0. The van der Waals surface area contributed by atoms with Crippen LogP contribution in [0.15, 0.2) is 48.5 Å². The molecule has 1 heterocycles. The van der Waals surface area contributed by atoms with Crippen LogP contribution in [0.2, 0.25) is 0 Å². The molecule has 0 aromatic heterocycles. The van der Waals surface area contributed by atoms with E-state index < -0.39 is 0 Å². The molecule has 1 aliphatic heterocycles. The molecule has 26 heavy (non-hydrogen) atoms. The van der Waals surface area contributed by atoms with E-state index in [-0.39, 0.29) is 24.4 Å². The van der Waals surface area contributed by atoms with Crippen molar-refractivity contribution in [3.05, 3.63) is 59.7 Å². The van der Waals surface area contributed by atoms with Gasteiger partial charge in [-0.2, -0.15) is 0 Å². The molecule has 0 bridgehead atoms. The lowest BCUT2D eigenvalue weighted by Crippen LogP contribution is -2.46. The Bertz CT molecular complexity index is 849. The SMILES string of the molecule is CN(CC(=O)N1CC(=O)Nc2ccccc21)C1CCCc2ccccc21. The number of nitrogens with zero attached hydrogens (tertiary/aromatic N) is 2. The van der Waals surface area contributed by atoms with Gasteiger partial charge in [-0.25, -0.2) is 0 Å². The fourth-order valence-electron chi connectivity index (χ4n) is 4.05. The molecule has 1 atom stereocenters. The summed E-state index contributed by atoms with van der Waals surface area (Å²) < 4.78 is 0. The molecule has 2 amide bonds. The van der Waals surface area contributed by atoms with Crippen LogP contribution in [-0.2, 0) is 16.0 Å². The van der Waals surface area contributed by atoms with Crippen molar-refractivity contribution in [2.24, 2.45) is 0 Å². The van der Waals surface area contributed by atoms with Gasteiger partial charge in [-0.3, -0.25) is 19.4 Å². The minimum Gasteiger partial charge on any atom is -0.323 e. The zero-order valence-electron chi connectivity index (χ0n) is 14.9. The summed E-state index contributed by atoms with van der Waals surface area (Å²) in [5, 5.41) is 2.83. The van der Waals surface area contributed by atoms with Crippen molar-refractivity contribution in [2.75, 3.05) is 30.4 Å². The molecule has 5 heteroatoms. The number of carbonyl (C=O) groups is 2. The van der Waals surface area contributed by atoms with E-state index in [1.807, 2.05) is 31.3 Å². The first-order valence-electron chi connectivity index (χ1n) is 9.11. The minimum absolute atomic E-state index is 0.0437. The van der Waals surface area contributed by atoms with Gasteiger partial charge in [0.2, 0.25) is 11.8 Å². The molecule has 2 aliphatic rings. The van der Waals surface area contributed by atoms with E-state index in [0.29, 0.717) is 12.2 Å². The van der Waals surface area contributed by atoms with Gasteiger partial charge < -0.3 is 5.32 Å². The zero-order valence-corrected chi connectivity index (χ0v) is 14.9. The highest BCUT2D eigenvalue weighted by Gasteiger charge is 2.30. The van der Waals surface area contributed by atoms with Crippen molar-refractivity contribution >= 4 is 23.2 Å². The maximum Gasteiger partial charge on any atom is 0.244 e. The zero-order chi connectivity index (χ0) is 18.1. The summed E-state index contributed by atoms with van der Waals surface area (Å²) in [5.41, 5.74) is 4.17. The Morgan fingerprint density at radius 3 is 2.85 bits per heavy atom. The predicted octanol–water partition coefficient (Wildman–Crippen LogP) is 2.98. The van der Waals surface area contributed by atoms with Crippen LogP contribution >= 0.6 is 0 Å². The van der Waals surface area contributed by atoms with Crippen molar-refractivity contribution in [3.8, 4) is 0 Å². The van der Waals surface area contributed by atoms with E-state index in [2.05, 4.69) is 34.5 Å². The second-order valence-corrected chi connectivity index (χ2v) is 7.07. The summed E-state index contributed by atoms with van der Waals surface area (Å²) in [4.78, 5) is 28.7. The lowest BCUT2D eigenvalue weighted by atomic mass is 9.87. The number of hydrogen-bond donors (Lipinski definition) is 1. The summed E-state index contributed by atoms with van der Waals surface area (Å²) in [5.74, 6) is -0.194. The number of likely N-dealkylation sites (N-methyl/N-ethyl adjacent to an activating group) is 1. The van der Waals surface area contributed by atoms with Gasteiger partial charge >= 0.3 is 0 Å². The van der Waals surface area contributed by atoms with Gasteiger partial charge in [-0.1, -0.05) is 36.4 Å². The number of nitrogens with one attached hydrogen (secondary N) is 1. The number of rotatable bonds is 3. The molecule has 1 N–H and O–H groups in total. The highest BCUT2D eigenvalue weighted by Crippen LogP contribution is 2.34. The van der Waals surface area contributed by atoms with Gasteiger partial charge in [-0.05, 0) is 49.6 Å². The number of benzene rings is 2. The van der Waals surface area contributed by atoms with E-state index >= 15 is 0 Å². The fraction of sp³-hybridized carbons (Fsp3) is 0.333. The number of fused-ring (bicyclic) bond motifs is 2. The Morgan fingerprint density at radius 2 is 1.96 bits per heavy atom. The van der Waals surface area contributed by atoms with Crippen LogP contribution in [0.25, 0.3) is 0 Å². The summed E-state index contributed by atoms with van der Waals surface area (Å²) in [6.07, 6.45) is 3.29. The van der Waals surface area contributed by atoms with Crippen LogP contribution in [0.4, 0.5) is 11.4 Å². The number of carbonyl (C=O) groups excluding carboxylic acids is 2. The van der Waals surface area contributed by atoms with Gasteiger partial charge in [0, 0.05) is 6.04 Å². The smallest absolute Gasteiger partial charge is 0.244 e.